The van der Waals surface area contributed by atoms with Crippen molar-refractivity contribution in [1.29, 1.82) is 0 Å². The Morgan fingerprint density at radius 2 is 0.791 bits per heavy atom. The predicted molar refractivity (Wildman–Crippen MR) is 181 cm³/mol. The van der Waals surface area contributed by atoms with Crippen LogP contribution >= 0.6 is 0 Å². The van der Waals surface area contributed by atoms with E-state index in [2.05, 4.69) is 167 Å². The first kappa shape index (κ1) is 24.1. The van der Waals surface area contributed by atoms with Gasteiger partial charge in [0.15, 0.2) is 0 Å². The Balaban J connectivity index is 1.34. The summed E-state index contributed by atoms with van der Waals surface area (Å²) in [4.78, 5) is 0. The van der Waals surface area contributed by atoms with E-state index in [1.165, 1.54) is 82.8 Å². The van der Waals surface area contributed by atoms with E-state index >= 15 is 0 Å². The molecule has 0 aliphatic carbocycles. The molecule has 0 saturated heterocycles. The van der Waals surface area contributed by atoms with Gasteiger partial charge in [0, 0.05) is 49.7 Å². The third-order valence-electron chi connectivity index (χ3n) is 9.26. The first-order valence-corrected chi connectivity index (χ1v) is 14.9. The molecule has 0 aliphatic rings. The lowest BCUT2D eigenvalue weighted by molar-refractivity contribution is 1.04. The molecule has 0 N–H and O–H groups in total. The SMILES string of the molecule is Cc1c(C)n(-c2ccc3c(c2)c2ccccc2n3-c2ccccc2)c2cc3c4ccccc4n(-c4ccccc4)c3cc12. The highest BCUT2D eigenvalue weighted by Gasteiger charge is 2.20. The van der Waals surface area contributed by atoms with Gasteiger partial charge in [-0.2, -0.15) is 0 Å². The standard InChI is InChI=1S/C40H29N3/c1-26-27(2)41(30-21-22-38-34(23-30)31-17-9-11-19-36(31)42(38)28-13-5-3-6-14-28)39-25-35-32-18-10-12-20-37(32)43(40(35)24-33(26)39)29-15-7-4-8-16-29/h3-25H,1-2H3. The maximum Gasteiger partial charge on any atom is 0.0548 e. The molecule has 3 heteroatoms. The summed E-state index contributed by atoms with van der Waals surface area (Å²) < 4.78 is 7.23. The van der Waals surface area contributed by atoms with E-state index in [1.807, 2.05) is 0 Å². The number of fused-ring (bicyclic) bond motifs is 7. The highest BCUT2D eigenvalue weighted by molar-refractivity contribution is 6.14. The zero-order chi connectivity index (χ0) is 28.7. The summed E-state index contributed by atoms with van der Waals surface area (Å²) in [7, 11) is 0. The second kappa shape index (κ2) is 8.98. The molecule has 9 rings (SSSR count). The first-order chi connectivity index (χ1) is 21.2. The molecule has 0 fully saturated rings. The second-order valence-corrected chi connectivity index (χ2v) is 11.5. The Hall–Kier alpha value is -5.54. The highest BCUT2D eigenvalue weighted by atomic mass is 15.0. The second-order valence-electron chi connectivity index (χ2n) is 11.5. The van der Waals surface area contributed by atoms with Crippen molar-refractivity contribution in [1.82, 2.24) is 13.7 Å². The van der Waals surface area contributed by atoms with Gasteiger partial charge in [-0.1, -0.05) is 72.8 Å². The molecule has 0 spiro atoms. The number of nitrogens with zero attached hydrogens (tertiary/aromatic N) is 3. The van der Waals surface area contributed by atoms with Crippen LogP contribution in [-0.2, 0) is 0 Å². The fourth-order valence-electron chi connectivity index (χ4n) is 7.18. The maximum atomic E-state index is 2.45. The van der Waals surface area contributed by atoms with Crippen molar-refractivity contribution in [2.24, 2.45) is 0 Å². The highest BCUT2D eigenvalue weighted by Crippen LogP contribution is 2.39. The molecule has 0 saturated carbocycles. The Labute approximate surface area is 249 Å². The zero-order valence-electron chi connectivity index (χ0n) is 24.1. The van der Waals surface area contributed by atoms with Gasteiger partial charge in [-0.05, 0) is 86.1 Å². The van der Waals surface area contributed by atoms with E-state index in [0.29, 0.717) is 0 Å². The van der Waals surface area contributed by atoms with Crippen LogP contribution in [0.2, 0.25) is 0 Å². The molecule has 0 bridgehead atoms. The van der Waals surface area contributed by atoms with Crippen LogP contribution in [0.4, 0.5) is 0 Å². The molecule has 0 atom stereocenters. The van der Waals surface area contributed by atoms with Crippen LogP contribution in [-0.4, -0.2) is 13.7 Å². The Morgan fingerprint density at radius 3 is 1.42 bits per heavy atom. The lowest BCUT2D eigenvalue weighted by Gasteiger charge is -2.11. The Morgan fingerprint density at radius 1 is 0.326 bits per heavy atom. The molecule has 0 aliphatic heterocycles. The maximum absolute atomic E-state index is 2.45. The monoisotopic (exact) mass is 551 g/mol. The van der Waals surface area contributed by atoms with Crippen molar-refractivity contribution >= 4 is 54.5 Å². The normalized spacial score (nSPS) is 12.0. The quantitative estimate of drug-likeness (QED) is 0.207. The number of aromatic nitrogens is 3. The van der Waals surface area contributed by atoms with Gasteiger partial charge >= 0.3 is 0 Å². The minimum atomic E-state index is 1.18. The van der Waals surface area contributed by atoms with Crippen LogP contribution in [0.25, 0.3) is 71.6 Å². The molecule has 6 aromatic carbocycles. The molecular formula is C40H29N3. The molecule has 3 heterocycles. The minimum absolute atomic E-state index is 1.18. The van der Waals surface area contributed by atoms with Gasteiger partial charge in [-0.3, -0.25) is 0 Å². The number of rotatable bonds is 3. The lowest BCUT2D eigenvalue weighted by atomic mass is 10.1. The fraction of sp³-hybridized carbons (Fsp3) is 0.0500. The average molecular weight is 552 g/mol. The van der Waals surface area contributed by atoms with E-state index in [-0.39, 0.29) is 0 Å². The smallest absolute Gasteiger partial charge is 0.0548 e. The van der Waals surface area contributed by atoms with Crippen molar-refractivity contribution in [2.45, 2.75) is 13.8 Å². The van der Waals surface area contributed by atoms with E-state index < -0.39 is 0 Å². The summed E-state index contributed by atoms with van der Waals surface area (Å²) in [5, 5.41) is 6.36. The predicted octanol–water partition coefficient (Wildman–Crippen LogP) is 10.4. The third-order valence-corrected chi connectivity index (χ3v) is 9.26. The van der Waals surface area contributed by atoms with Gasteiger partial charge in [0.05, 0.1) is 27.6 Å². The summed E-state index contributed by atoms with van der Waals surface area (Å²) in [6.07, 6.45) is 0. The molecular weight excluding hydrogens is 522 g/mol. The van der Waals surface area contributed by atoms with Gasteiger partial charge in [0.2, 0.25) is 0 Å². The summed E-state index contributed by atoms with van der Waals surface area (Å²) in [6.45, 7) is 4.51. The number of benzene rings is 6. The number of para-hydroxylation sites is 4. The summed E-state index contributed by atoms with van der Waals surface area (Å²) in [5.41, 5.74) is 12.3. The summed E-state index contributed by atoms with van der Waals surface area (Å²) >= 11 is 0. The lowest BCUT2D eigenvalue weighted by Crippen LogP contribution is -1.97. The van der Waals surface area contributed by atoms with Gasteiger partial charge in [0.25, 0.3) is 0 Å². The van der Waals surface area contributed by atoms with Gasteiger partial charge < -0.3 is 13.7 Å². The minimum Gasteiger partial charge on any atom is -0.314 e. The molecule has 43 heavy (non-hydrogen) atoms. The number of aryl methyl sites for hydroxylation is 1. The number of hydrogen-bond donors (Lipinski definition) is 0. The Kier molecular flexibility index (Phi) is 5.03. The van der Waals surface area contributed by atoms with Crippen LogP contribution in [0.5, 0.6) is 0 Å². The third kappa shape index (κ3) is 3.36. The largest absolute Gasteiger partial charge is 0.314 e. The van der Waals surface area contributed by atoms with Gasteiger partial charge in [-0.15, -0.1) is 0 Å². The zero-order valence-corrected chi connectivity index (χ0v) is 24.1. The van der Waals surface area contributed by atoms with E-state index in [9.17, 15) is 0 Å². The van der Waals surface area contributed by atoms with Crippen molar-refractivity contribution in [3.05, 3.63) is 151 Å². The fourth-order valence-corrected chi connectivity index (χ4v) is 7.18. The van der Waals surface area contributed by atoms with Gasteiger partial charge in [0.1, 0.15) is 0 Å². The summed E-state index contributed by atoms with van der Waals surface area (Å²) in [6, 6.07) is 50.6. The van der Waals surface area contributed by atoms with Crippen molar-refractivity contribution in [2.75, 3.05) is 0 Å². The molecule has 0 amide bonds. The van der Waals surface area contributed by atoms with Crippen LogP contribution in [0.1, 0.15) is 11.3 Å². The topological polar surface area (TPSA) is 14.8 Å². The van der Waals surface area contributed by atoms with Crippen LogP contribution in [0.3, 0.4) is 0 Å². The van der Waals surface area contributed by atoms with E-state index in [4.69, 9.17) is 0 Å². The van der Waals surface area contributed by atoms with Crippen LogP contribution in [0.15, 0.2) is 140 Å². The molecule has 0 radical (unpaired) electrons. The van der Waals surface area contributed by atoms with Crippen LogP contribution in [0, 0.1) is 13.8 Å². The molecule has 3 nitrogen and oxygen atoms in total. The molecule has 0 unspecified atom stereocenters. The Bertz CT molecular complexity index is 2510. The van der Waals surface area contributed by atoms with Crippen molar-refractivity contribution in [3.63, 3.8) is 0 Å². The molecule has 204 valence electrons. The van der Waals surface area contributed by atoms with Gasteiger partial charge in [-0.25, -0.2) is 0 Å². The van der Waals surface area contributed by atoms with Crippen LogP contribution < -0.4 is 0 Å². The average Bonchev–Trinajstić information content (AvgIpc) is 3.65. The molecule has 3 aromatic heterocycles. The first-order valence-electron chi connectivity index (χ1n) is 14.9. The van der Waals surface area contributed by atoms with Crippen molar-refractivity contribution in [3.8, 4) is 17.1 Å². The van der Waals surface area contributed by atoms with E-state index in [0.717, 1.165) is 0 Å². The van der Waals surface area contributed by atoms with Crippen molar-refractivity contribution < 1.29 is 0 Å². The summed E-state index contributed by atoms with van der Waals surface area (Å²) in [5.74, 6) is 0. The van der Waals surface area contributed by atoms with E-state index in [1.54, 1.807) is 0 Å². The molecule has 9 aromatic rings. The number of hydrogen-bond acceptors (Lipinski definition) is 0.